The molecule has 1 aromatic rings. The van der Waals surface area contributed by atoms with Crippen LogP contribution in [0.5, 0.6) is 0 Å². The zero-order valence-corrected chi connectivity index (χ0v) is 9.56. The lowest BCUT2D eigenvalue weighted by atomic mass is 9.97. The molecule has 0 atom stereocenters. The summed E-state index contributed by atoms with van der Waals surface area (Å²) in [6.45, 7) is 5.24. The summed E-state index contributed by atoms with van der Waals surface area (Å²) in [5, 5.41) is 5.76. The van der Waals surface area contributed by atoms with Gasteiger partial charge in [-0.3, -0.25) is 4.68 Å². The maximum atomic E-state index is 5.74. The topological polar surface area (TPSA) is 17.8 Å². The van der Waals surface area contributed by atoms with Crippen molar-refractivity contribution in [3.63, 3.8) is 0 Å². The molecule has 1 aromatic heterocycles. The second-order valence-electron chi connectivity index (χ2n) is 3.65. The summed E-state index contributed by atoms with van der Waals surface area (Å²) < 4.78 is 1.86. The third-order valence-electron chi connectivity index (χ3n) is 1.55. The third-order valence-corrected chi connectivity index (χ3v) is 3.27. The quantitative estimate of drug-likeness (QED) is 0.755. The zero-order chi connectivity index (χ0) is 9.19. The van der Waals surface area contributed by atoms with Gasteiger partial charge in [-0.05, 0) is 5.41 Å². The van der Waals surface area contributed by atoms with Gasteiger partial charge in [0.25, 0.3) is 0 Å². The van der Waals surface area contributed by atoms with E-state index in [1.165, 1.54) is 0 Å². The Labute approximate surface area is 86.0 Å². The lowest BCUT2D eigenvalue weighted by Crippen LogP contribution is -2.21. The molecular formula is C8H12BrClN2. The summed E-state index contributed by atoms with van der Waals surface area (Å²) in [4.78, 5) is 0. The molecule has 0 aliphatic rings. The third kappa shape index (κ3) is 2.79. The van der Waals surface area contributed by atoms with Crippen LogP contribution in [0.2, 0.25) is 5.02 Å². The lowest BCUT2D eigenvalue weighted by molar-refractivity contribution is 0.335. The first-order chi connectivity index (χ1) is 5.53. The second-order valence-corrected chi connectivity index (χ2v) is 4.65. The summed E-state index contributed by atoms with van der Waals surface area (Å²) in [5.74, 6) is 0. The Morgan fingerprint density at radius 3 is 2.75 bits per heavy atom. The average Bonchev–Trinajstić information content (AvgIpc) is 2.35. The molecule has 4 heteroatoms. The summed E-state index contributed by atoms with van der Waals surface area (Å²) in [6, 6.07) is 0. The fraction of sp³-hybridized carbons (Fsp3) is 0.625. The van der Waals surface area contributed by atoms with Crippen LogP contribution in [0.15, 0.2) is 12.4 Å². The highest BCUT2D eigenvalue weighted by Crippen LogP contribution is 2.20. The SMILES string of the molecule is CC(C)(CBr)Cn1cc(Cl)cn1. The normalized spacial score (nSPS) is 12.0. The fourth-order valence-electron chi connectivity index (χ4n) is 0.906. The molecule has 0 aliphatic heterocycles. The van der Waals surface area contributed by atoms with Crippen molar-refractivity contribution in [3.05, 3.63) is 17.4 Å². The van der Waals surface area contributed by atoms with Crippen molar-refractivity contribution in [2.75, 3.05) is 5.33 Å². The van der Waals surface area contributed by atoms with Crippen LogP contribution in [0.3, 0.4) is 0 Å². The van der Waals surface area contributed by atoms with Crippen molar-refractivity contribution in [3.8, 4) is 0 Å². The monoisotopic (exact) mass is 250 g/mol. The number of aromatic nitrogens is 2. The molecule has 0 unspecified atom stereocenters. The van der Waals surface area contributed by atoms with Crippen molar-refractivity contribution in [1.82, 2.24) is 9.78 Å². The first-order valence-electron chi connectivity index (χ1n) is 3.77. The van der Waals surface area contributed by atoms with Crippen LogP contribution in [0.25, 0.3) is 0 Å². The number of nitrogens with zero attached hydrogens (tertiary/aromatic N) is 2. The lowest BCUT2D eigenvalue weighted by Gasteiger charge is -2.20. The van der Waals surface area contributed by atoms with E-state index in [2.05, 4.69) is 34.9 Å². The van der Waals surface area contributed by atoms with E-state index in [1.807, 2.05) is 10.9 Å². The largest absolute Gasteiger partial charge is 0.271 e. The van der Waals surface area contributed by atoms with E-state index in [4.69, 9.17) is 11.6 Å². The standard InChI is InChI=1S/C8H12BrClN2/c1-8(2,5-9)6-12-4-7(10)3-11-12/h3-4H,5-6H2,1-2H3. The van der Waals surface area contributed by atoms with Crippen molar-refractivity contribution >= 4 is 27.5 Å². The molecule has 12 heavy (non-hydrogen) atoms. The van der Waals surface area contributed by atoms with Crippen molar-refractivity contribution < 1.29 is 0 Å². The number of hydrogen-bond donors (Lipinski definition) is 0. The Morgan fingerprint density at radius 1 is 1.67 bits per heavy atom. The number of hydrogen-bond acceptors (Lipinski definition) is 1. The molecule has 0 spiro atoms. The summed E-state index contributed by atoms with van der Waals surface area (Å²) in [6.07, 6.45) is 3.50. The molecule has 0 aliphatic carbocycles. The Hall–Kier alpha value is -0.0200. The van der Waals surface area contributed by atoms with Crippen LogP contribution in [0.4, 0.5) is 0 Å². The van der Waals surface area contributed by atoms with E-state index < -0.39 is 0 Å². The van der Waals surface area contributed by atoms with Gasteiger partial charge in [-0.1, -0.05) is 41.4 Å². The minimum atomic E-state index is 0.218. The first kappa shape index (κ1) is 10.1. The molecule has 0 amide bonds. The van der Waals surface area contributed by atoms with Gasteiger partial charge in [-0.25, -0.2) is 0 Å². The van der Waals surface area contributed by atoms with E-state index in [-0.39, 0.29) is 5.41 Å². The van der Waals surface area contributed by atoms with Crippen LogP contribution >= 0.6 is 27.5 Å². The van der Waals surface area contributed by atoms with Gasteiger partial charge in [0.05, 0.1) is 11.2 Å². The maximum Gasteiger partial charge on any atom is 0.0785 e. The van der Waals surface area contributed by atoms with Crippen molar-refractivity contribution in [2.24, 2.45) is 5.41 Å². The summed E-state index contributed by atoms with van der Waals surface area (Å²) in [5.41, 5.74) is 0.218. The van der Waals surface area contributed by atoms with E-state index in [0.717, 1.165) is 11.9 Å². The van der Waals surface area contributed by atoms with Crippen molar-refractivity contribution in [2.45, 2.75) is 20.4 Å². The van der Waals surface area contributed by atoms with Crippen LogP contribution in [0, 0.1) is 5.41 Å². The minimum absolute atomic E-state index is 0.218. The molecule has 1 heterocycles. The highest BCUT2D eigenvalue weighted by molar-refractivity contribution is 9.09. The maximum absolute atomic E-state index is 5.74. The molecule has 0 N–H and O–H groups in total. The Balaban J connectivity index is 2.63. The Kier molecular flexibility index (Phi) is 3.18. The average molecular weight is 252 g/mol. The highest BCUT2D eigenvalue weighted by atomic mass is 79.9. The van der Waals surface area contributed by atoms with Gasteiger partial charge in [-0.15, -0.1) is 0 Å². The molecule has 0 aromatic carbocycles. The van der Waals surface area contributed by atoms with E-state index in [0.29, 0.717) is 5.02 Å². The van der Waals surface area contributed by atoms with Gasteiger partial charge in [0.2, 0.25) is 0 Å². The molecular weight excluding hydrogens is 239 g/mol. The minimum Gasteiger partial charge on any atom is -0.271 e. The smallest absolute Gasteiger partial charge is 0.0785 e. The predicted octanol–water partition coefficient (Wildman–Crippen LogP) is 2.96. The van der Waals surface area contributed by atoms with Gasteiger partial charge in [0, 0.05) is 18.1 Å². The molecule has 0 fully saturated rings. The second kappa shape index (κ2) is 3.79. The molecule has 0 saturated heterocycles. The first-order valence-corrected chi connectivity index (χ1v) is 5.27. The number of rotatable bonds is 3. The van der Waals surface area contributed by atoms with Crippen molar-refractivity contribution in [1.29, 1.82) is 0 Å². The zero-order valence-electron chi connectivity index (χ0n) is 7.22. The molecule has 0 bridgehead atoms. The van der Waals surface area contributed by atoms with Crippen LogP contribution < -0.4 is 0 Å². The van der Waals surface area contributed by atoms with Gasteiger partial charge >= 0.3 is 0 Å². The molecule has 0 radical (unpaired) electrons. The van der Waals surface area contributed by atoms with Gasteiger partial charge in [0.15, 0.2) is 0 Å². The Bertz CT molecular complexity index is 257. The van der Waals surface area contributed by atoms with Crippen LogP contribution in [-0.2, 0) is 6.54 Å². The Morgan fingerprint density at radius 2 is 2.33 bits per heavy atom. The fourth-order valence-corrected chi connectivity index (χ4v) is 1.24. The van der Waals surface area contributed by atoms with Gasteiger partial charge < -0.3 is 0 Å². The molecule has 2 nitrogen and oxygen atoms in total. The summed E-state index contributed by atoms with van der Waals surface area (Å²) >= 11 is 9.20. The molecule has 68 valence electrons. The number of alkyl halides is 1. The predicted molar refractivity (Wildman–Crippen MR) is 54.8 cm³/mol. The van der Waals surface area contributed by atoms with Crippen LogP contribution in [-0.4, -0.2) is 15.1 Å². The van der Waals surface area contributed by atoms with Crippen LogP contribution in [0.1, 0.15) is 13.8 Å². The van der Waals surface area contributed by atoms with E-state index in [1.54, 1.807) is 6.20 Å². The van der Waals surface area contributed by atoms with Gasteiger partial charge in [-0.2, -0.15) is 5.10 Å². The molecule has 1 rings (SSSR count). The van der Waals surface area contributed by atoms with Gasteiger partial charge in [0.1, 0.15) is 0 Å². The summed E-state index contributed by atoms with van der Waals surface area (Å²) in [7, 11) is 0. The number of halogens is 2. The van der Waals surface area contributed by atoms with E-state index in [9.17, 15) is 0 Å². The molecule has 0 saturated carbocycles. The van der Waals surface area contributed by atoms with E-state index >= 15 is 0 Å². The highest BCUT2D eigenvalue weighted by Gasteiger charge is 2.16.